The Morgan fingerprint density at radius 2 is 0.619 bits per heavy atom. The smallest absolute Gasteiger partial charge is 0.00368 e. The predicted molar refractivity (Wildman–Crippen MR) is 113 cm³/mol. The van der Waals surface area contributed by atoms with Gasteiger partial charge >= 0.3 is 0 Å². The Kier molecular flexibility index (Phi) is 38.1. The van der Waals surface area contributed by atoms with Gasteiger partial charge in [0, 0.05) is 23.0 Å². The molecule has 0 rings (SSSR count). The van der Waals surface area contributed by atoms with E-state index in [-0.39, 0.29) is 5.48 Å². The molecule has 5 heteroatoms. The fraction of sp³-hybridized carbons (Fsp3) is 1.00. The Morgan fingerprint density at radius 3 is 0.762 bits per heavy atom. The van der Waals surface area contributed by atoms with Crippen molar-refractivity contribution in [3.63, 3.8) is 0 Å². The molecule has 0 aromatic heterocycles. The molecule has 0 aliphatic carbocycles. The van der Waals surface area contributed by atoms with Crippen molar-refractivity contribution in [1.29, 1.82) is 0 Å². The van der Waals surface area contributed by atoms with Crippen molar-refractivity contribution in [3.05, 3.63) is 0 Å². The lowest BCUT2D eigenvalue weighted by Gasteiger charge is -1.97. The lowest BCUT2D eigenvalue weighted by atomic mass is 10.4. The lowest BCUT2D eigenvalue weighted by Crippen LogP contribution is -1.76. The summed E-state index contributed by atoms with van der Waals surface area (Å²) in [6, 6.07) is 0. The summed E-state index contributed by atoms with van der Waals surface area (Å²) in [4.78, 5) is 0. The third-order valence-electron chi connectivity index (χ3n) is 2.49. The largest absolute Gasteiger partial charge is 0.412 e. The van der Waals surface area contributed by atoms with Crippen molar-refractivity contribution < 1.29 is 5.48 Å². The van der Waals surface area contributed by atoms with Gasteiger partial charge in [0.1, 0.15) is 0 Å². The maximum atomic E-state index is 2.25. The second-order valence-corrected chi connectivity index (χ2v) is 10.1. The standard InChI is InChI=1S/2C8H18S2.H2O/c2*1-3-5-7-9-10-8-6-4-2;/h2*3-8H2,1-2H3;1H2. The first-order valence-electron chi connectivity index (χ1n) is 8.32. The van der Waals surface area contributed by atoms with Gasteiger partial charge in [-0.15, -0.1) is 0 Å². The maximum absolute atomic E-state index is 2.25. The zero-order valence-corrected chi connectivity index (χ0v) is 17.9. The van der Waals surface area contributed by atoms with Gasteiger partial charge in [0.25, 0.3) is 0 Å². The first-order chi connectivity index (χ1) is 9.83. The van der Waals surface area contributed by atoms with Crippen LogP contribution in [0.2, 0.25) is 0 Å². The second kappa shape index (κ2) is 29.4. The summed E-state index contributed by atoms with van der Waals surface area (Å²) >= 11 is 0. The molecule has 0 saturated carbocycles. The molecule has 0 fully saturated rings. The molecule has 0 heterocycles. The molecule has 0 unspecified atom stereocenters. The fourth-order valence-corrected chi connectivity index (χ4v) is 5.97. The Balaban J connectivity index is -0.000000295. The van der Waals surface area contributed by atoms with Crippen molar-refractivity contribution >= 4 is 43.2 Å². The van der Waals surface area contributed by atoms with Gasteiger partial charge in [-0.25, -0.2) is 0 Å². The Hall–Kier alpha value is 1.36. The SMILES string of the molecule is CCCCSSCCCC.CCCCSSCCCC.O. The first kappa shape index (κ1) is 27.2. The van der Waals surface area contributed by atoms with E-state index >= 15 is 0 Å². The molecule has 0 spiro atoms. The molecular formula is C16H38OS4. The van der Waals surface area contributed by atoms with E-state index in [2.05, 4.69) is 27.7 Å². The third kappa shape index (κ3) is 33.9. The van der Waals surface area contributed by atoms with Crippen molar-refractivity contribution in [1.82, 2.24) is 0 Å². The molecule has 0 bridgehead atoms. The zero-order valence-electron chi connectivity index (χ0n) is 14.6. The van der Waals surface area contributed by atoms with Gasteiger partial charge in [-0.2, -0.15) is 0 Å². The van der Waals surface area contributed by atoms with Gasteiger partial charge in [0.05, 0.1) is 0 Å². The van der Waals surface area contributed by atoms with E-state index in [0.717, 1.165) is 0 Å². The highest BCUT2D eigenvalue weighted by Crippen LogP contribution is 2.23. The predicted octanol–water partition coefficient (Wildman–Crippen LogP) is 7.11. The molecule has 132 valence electrons. The number of rotatable bonds is 14. The summed E-state index contributed by atoms with van der Waals surface area (Å²) < 4.78 is 0. The molecule has 0 aromatic rings. The van der Waals surface area contributed by atoms with Crippen LogP contribution >= 0.6 is 43.2 Å². The third-order valence-corrected chi connectivity index (χ3v) is 7.65. The van der Waals surface area contributed by atoms with E-state index in [9.17, 15) is 0 Å². The summed E-state index contributed by atoms with van der Waals surface area (Å²) in [5.74, 6) is 5.35. The van der Waals surface area contributed by atoms with Gasteiger partial charge in [-0.1, -0.05) is 96.6 Å². The maximum Gasteiger partial charge on any atom is 0.00368 e. The summed E-state index contributed by atoms with van der Waals surface area (Å²) in [6.07, 6.45) is 10.9. The average molecular weight is 375 g/mol. The second-order valence-electron chi connectivity index (χ2n) is 4.70. The van der Waals surface area contributed by atoms with Gasteiger partial charge in [-0.3, -0.25) is 0 Å². The molecule has 2 N–H and O–H groups in total. The highest BCUT2D eigenvalue weighted by Gasteiger charge is 1.89. The van der Waals surface area contributed by atoms with Crippen LogP contribution in [0.1, 0.15) is 79.1 Å². The topological polar surface area (TPSA) is 31.5 Å². The molecule has 0 radical (unpaired) electrons. The normalized spacial score (nSPS) is 9.71. The summed E-state index contributed by atoms with van der Waals surface area (Å²) in [5, 5.41) is 0. The van der Waals surface area contributed by atoms with Crippen LogP contribution in [0.15, 0.2) is 0 Å². The number of hydrogen-bond acceptors (Lipinski definition) is 4. The molecular weight excluding hydrogens is 336 g/mol. The molecule has 0 aliphatic rings. The van der Waals surface area contributed by atoms with Gasteiger partial charge < -0.3 is 5.48 Å². The van der Waals surface area contributed by atoms with Crippen LogP contribution in [-0.4, -0.2) is 28.5 Å². The van der Waals surface area contributed by atoms with Crippen molar-refractivity contribution in [2.75, 3.05) is 23.0 Å². The quantitative estimate of drug-likeness (QED) is 0.239. The number of hydrogen-bond donors (Lipinski definition) is 0. The van der Waals surface area contributed by atoms with Crippen molar-refractivity contribution in [3.8, 4) is 0 Å². The minimum Gasteiger partial charge on any atom is -0.412 e. The Bertz CT molecular complexity index is 116. The summed E-state index contributed by atoms with van der Waals surface area (Å²) in [6.45, 7) is 8.99. The van der Waals surface area contributed by atoms with Crippen LogP contribution in [0, 0.1) is 0 Å². The van der Waals surface area contributed by atoms with Crippen molar-refractivity contribution in [2.24, 2.45) is 0 Å². The molecule has 0 saturated heterocycles. The van der Waals surface area contributed by atoms with E-state index < -0.39 is 0 Å². The summed E-state index contributed by atoms with van der Waals surface area (Å²) in [5.41, 5.74) is 0. The van der Waals surface area contributed by atoms with Gasteiger partial charge in [-0.05, 0) is 25.7 Å². The van der Waals surface area contributed by atoms with E-state index in [1.165, 1.54) is 74.4 Å². The highest BCUT2D eigenvalue weighted by molar-refractivity contribution is 8.77. The van der Waals surface area contributed by atoms with Crippen LogP contribution in [0.5, 0.6) is 0 Å². The van der Waals surface area contributed by atoms with Gasteiger partial charge in [0.15, 0.2) is 0 Å². The van der Waals surface area contributed by atoms with E-state index in [1.807, 2.05) is 43.2 Å². The summed E-state index contributed by atoms with van der Waals surface area (Å²) in [7, 11) is 8.14. The molecule has 0 amide bonds. The lowest BCUT2D eigenvalue weighted by molar-refractivity contribution is 0.824. The minimum absolute atomic E-state index is 0. The van der Waals surface area contributed by atoms with E-state index in [4.69, 9.17) is 0 Å². The monoisotopic (exact) mass is 374 g/mol. The number of unbranched alkanes of at least 4 members (excludes halogenated alkanes) is 4. The molecule has 0 aliphatic heterocycles. The van der Waals surface area contributed by atoms with Crippen LogP contribution in [0.3, 0.4) is 0 Å². The van der Waals surface area contributed by atoms with E-state index in [0.29, 0.717) is 0 Å². The molecule has 0 aromatic carbocycles. The van der Waals surface area contributed by atoms with Crippen LogP contribution in [-0.2, 0) is 0 Å². The molecule has 1 nitrogen and oxygen atoms in total. The minimum atomic E-state index is 0. The molecule has 21 heavy (non-hydrogen) atoms. The first-order valence-corrected chi connectivity index (χ1v) is 13.3. The Labute approximate surface area is 150 Å². The Morgan fingerprint density at radius 1 is 0.429 bits per heavy atom. The van der Waals surface area contributed by atoms with Crippen LogP contribution < -0.4 is 0 Å². The van der Waals surface area contributed by atoms with Crippen LogP contribution in [0.25, 0.3) is 0 Å². The van der Waals surface area contributed by atoms with Crippen molar-refractivity contribution in [2.45, 2.75) is 79.1 Å². The average Bonchev–Trinajstić information content (AvgIpc) is 2.47. The van der Waals surface area contributed by atoms with Gasteiger partial charge in [0.2, 0.25) is 0 Å². The van der Waals surface area contributed by atoms with Crippen LogP contribution in [0.4, 0.5) is 0 Å². The fourth-order valence-electron chi connectivity index (χ4n) is 1.05. The molecule has 0 atom stereocenters. The zero-order chi connectivity index (χ0) is 15.3. The highest BCUT2D eigenvalue weighted by atomic mass is 33.1. The van der Waals surface area contributed by atoms with E-state index in [1.54, 1.807) is 0 Å².